The number of carbonyl (C=O) groups excluding carboxylic acids is 2. The van der Waals surface area contributed by atoms with E-state index in [9.17, 15) is 9.59 Å². The van der Waals surface area contributed by atoms with Gasteiger partial charge >= 0.3 is 5.97 Å². The summed E-state index contributed by atoms with van der Waals surface area (Å²) in [7, 11) is 0. The molecule has 14 heavy (non-hydrogen) atoms. The first-order valence-electron chi connectivity index (χ1n) is 4.62. The Hall–Kier alpha value is -0.830. The lowest BCUT2D eigenvalue weighted by atomic mass is 9.83. The van der Waals surface area contributed by atoms with Gasteiger partial charge in [-0.3, -0.25) is 9.59 Å². The maximum absolute atomic E-state index is 11.5. The van der Waals surface area contributed by atoms with Crippen LogP contribution in [0.1, 0.15) is 20.3 Å². The van der Waals surface area contributed by atoms with Gasteiger partial charge in [-0.25, -0.2) is 0 Å². The fourth-order valence-corrected chi connectivity index (χ4v) is 1.94. The maximum Gasteiger partial charge on any atom is 0.317 e. The topological polar surface area (TPSA) is 43.4 Å². The van der Waals surface area contributed by atoms with Gasteiger partial charge in [0.05, 0.1) is 6.61 Å². The lowest BCUT2D eigenvalue weighted by molar-refractivity contribution is -0.152. The number of ether oxygens (including phenoxy) is 1. The minimum atomic E-state index is -0.669. The highest BCUT2D eigenvalue weighted by Crippen LogP contribution is 2.29. The van der Waals surface area contributed by atoms with Crippen LogP contribution < -0.4 is 0 Å². The quantitative estimate of drug-likeness (QED) is 0.523. The summed E-state index contributed by atoms with van der Waals surface area (Å²) in [6.45, 7) is 3.85. The van der Waals surface area contributed by atoms with E-state index in [1.807, 2.05) is 6.92 Å². The van der Waals surface area contributed by atoms with Gasteiger partial charge in [-0.1, -0.05) is 18.5 Å². The molecule has 0 radical (unpaired) electrons. The number of esters is 1. The number of carbonyl (C=O) groups is 2. The van der Waals surface area contributed by atoms with Crippen molar-refractivity contribution >= 4 is 23.4 Å². The average molecular weight is 217 g/mol. The van der Waals surface area contributed by atoms with Crippen LogP contribution in [0.4, 0.5) is 0 Å². The highest BCUT2D eigenvalue weighted by Gasteiger charge is 2.35. The lowest BCUT2D eigenvalue weighted by Crippen LogP contribution is -2.33. The summed E-state index contributed by atoms with van der Waals surface area (Å²) in [4.78, 5) is 22.9. The summed E-state index contributed by atoms with van der Waals surface area (Å²) >= 11 is 5.74. The van der Waals surface area contributed by atoms with Gasteiger partial charge in [-0.2, -0.15) is 0 Å². The van der Waals surface area contributed by atoms with Crippen LogP contribution in [0.3, 0.4) is 0 Å². The van der Waals surface area contributed by atoms with Crippen LogP contribution in [0.25, 0.3) is 0 Å². The van der Waals surface area contributed by atoms with E-state index in [0.717, 1.165) is 0 Å². The number of ketones is 1. The fraction of sp³-hybridized carbons (Fsp3) is 0.600. The zero-order chi connectivity index (χ0) is 10.7. The molecule has 0 saturated carbocycles. The minimum Gasteiger partial charge on any atom is -0.465 e. The zero-order valence-electron chi connectivity index (χ0n) is 8.25. The molecule has 2 unspecified atom stereocenters. The van der Waals surface area contributed by atoms with E-state index in [2.05, 4.69) is 0 Å². The van der Waals surface area contributed by atoms with Crippen molar-refractivity contribution in [3.8, 4) is 0 Å². The van der Waals surface area contributed by atoms with Gasteiger partial charge in [0.15, 0.2) is 5.78 Å². The van der Waals surface area contributed by atoms with E-state index in [1.54, 1.807) is 6.92 Å². The molecule has 0 bridgehead atoms. The van der Waals surface area contributed by atoms with Crippen molar-refractivity contribution in [2.24, 2.45) is 11.8 Å². The average Bonchev–Trinajstić information content (AvgIpc) is 2.01. The summed E-state index contributed by atoms with van der Waals surface area (Å²) in [6.07, 6.45) is 1.89. The van der Waals surface area contributed by atoms with Crippen LogP contribution in [0.5, 0.6) is 0 Å². The SMILES string of the molecule is CCOC(=O)C1C(=O)C=C(Cl)CC1C. The fourth-order valence-electron chi connectivity index (χ4n) is 1.59. The molecular weight excluding hydrogens is 204 g/mol. The van der Waals surface area contributed by atoms with Gasteiger partial charge in [-0.05, 0) is 25.3 Å². The Morgan fingerprint density at radius 1 is 1.71 bits per heavy atom. The molecule has 0 aliphatic heterocycles. The van der Waals surface area contributed by atoms with E-state index in [1.165, 1.54) is 6.08 Å². The Labute approximate surface area is 88.1 Å². The Kier molecular flexibility index (Phi) is 3.69. The van der Waals surface area contributed by atoms with Gasteiger partial charge in [-0.15, -0.1) is 0 Å². The summed E-state index contributed by atoms with van der Waals surface area (Å²) < 4.78 is 4.83. The molecule has 0 heterocycles. The molecule has 2 atom stereocenters. The normalized spacial score (nSPS) is 27.1. The van der Waals surface area contributed by atoms with Gasteiger partial charge in [0.2, 0.25) is 0 Å². The summed E-state index contributed by atoms with van der Waals surface area (Å²) in [5, 5.41) is 0.517. The Morgan fingerprint density at radius 3 is 2.86 bits per heavy atom. The molecule has 1 aliphatic rings. The molecule has 1 aliphatic carbocycles. The Bertz CT molecular complexity index is 283. The van der Waals surface area contributed by atoms with Crippen molar-refractivity contribution in [1.82, 2.24) is 0 Å². The molecule has 0 amide bonds. The van der Waals surface area contributed by atoms with Crippen molar-refractivity contribution in [2.45, 2.75) is 20.3 Å². The first-order valence-corrected chi connectivity index (χ1v) is 5.00. The van der Waals surface area contributed by atoms with Crippen LogP contribution in [-0.4, -0.2) is 18.4 Å². The second-order valence-electron chi connectivity index (χ2n) is 3.40. The molecule has 3 nitrogen and oxygen atoms in total. The third kappa shape index (κ3) is 2.35. The van der Waals surface area contributed by atoms with Crippen molar-refractivity contribution < 1.29 is 14.3 Å². The second kappa shape index (κ2) is 4.60. The molecule has 0 fully saturated rings. The number of hydrogen-bond donors (Lipinski definition) is 0. The van der Waals surface area contributed by atoms with Crippen molar-refractivity contribution in [1.29, 1.82) is 0 Å². The third-order valence-corrected chi connectivity index (χ3v) is 2.50. The van der Waals surface area contributed by atoms with Gasteiger partial charge < -0.3 is 4.74 Å². The van der Waals surface area contributed by atoms with Gasteiger partial charge in [0.25, 0.3) is 0 Å². The molecule has 4 heteroatoms. The molecule has 78 valence electrons. The molecule has 0 spiro atoms. The van der Waals surface area contributed by atoms with Crippen LogP contribution in [0.15, 0.2) is 11.1 Å². The predicted octanol–water partition coefficient (Wildman–Crippen LogP) is 1.90. The van der Waals surface area contributed by atoms with E-state index >= 15 is 0 Å². The van der Waals surface area contributed by atoms with Crippen molar-refractivity contribution in [3.05, 3.63) is 11.1 Å². The van der Waals surface area contributed by atoms with Crippen LogP contribution in [0.2, 0.25) is 0 Å². The van der Waals surface area contributed by atoms with E-state index in [0.29, 0.717) is 18.1 Å². The van der Waals surface area contributed by atoms with E-state index in [4.69, 9.17) is 16.3 Å². The van der Waals surface area contributed by atoms with Gasteiger partial charge in [0.1, 0.15) is 5.92 Å². The minimum absolute atomic E-state index is 0.0703. The third-order valence-electron chi connectivity index (χ3n) is 2.23. The van der Waals surface area contributed by atoms with E-state index < -0.39 is 11.9 Å². The van der Waals surface area contributed by atoms with Crippen LogP contribution in [-0.2, 0) is 14.3 Å². The molecule has 0 aromatic carbocycles. The molecule has 0 aromatic heterocycles. The second-order valence-corrected chi connectivity index (χ2v) is 3.89. The first-order chi connectivity index (χ1) is 6.56. The first kappa shape index (κ1) is 11.2. The molecular formula is C10H13ClO3. The smallest absolute Gasteiger partial charge is 0.317 e. The van der Waals surface area contributed by atoms with Gasteiger partial charge in [0, 0.05) is 5.03 Å². The number of allylic oxidation sites excluding steroid dienone is 2. The van der Waals surface area contributed by atoms with Crippen molar-refractivity contribution in [2.75, 3.05) is 6.61 Å². The summed E-state index contributed by atoms with van der Waals surface area (Å²) in [5.74, 6) is -1.42. The molecule has 0 aromatic rings. The predicted molar refractivity (Wildman–Crippen MR) is 52.8 cm³/mol. The highest BCUT2D eigenvalue weighted by atomic mass is 35.5. The number of hydrogen-bond acceptors (Lipinski definition) is 3. The summed E-state index contributed by atoms with van der Waals surface area (Å²) in [6, 6.07) is 0. The number of halogens is 1. The monoisotopic (exact) mass is 216 g/mol. The lowest BCUT2D eigenvalue weighted by Gasteiger charge is -2.23. The largest absolute Gasteiger partial charge is 0.465 e. The highest BCUT2D eigenvalue weighted by molar-refractivity contribution is 6.32. The van der Waals surface area contributed by atoms with Crippen LogP contribution >= 0.6 is 11.6 Å². The Balaban J connectivity index is 2.78. The zero-order valence-corrected chi connectivity index (χ0v) is 9.00. The standard InChI is InChI=1S/C10H13ClO3/c1-3-14-10(13)9-6(2)4-7(11)5-8(9)12/h5-6,9H,3-4H2,1-2H3. The maximum atomic E-state index is 11.5. The van der Waals surface area contributed by atoms with Crippen molar-refractivity contribution in [3.63, 3.8) is 0 Å². The summed E-state index contributed by atoms with van der Waals surface area (Å²) in [5.41, 5.74) is 0. The van der Waals surface area contributed by atoms with Crippen LogP contribution in [0, 0.1) is 11.8 Å². The molecule has 1 rings (SSSR count). The van der Waals surface area contributed by atoms with E-state index in [-0.39, 0.29) is 11.7 Å². The molecule has 0 saturated heterocycles. The molecule has 0 N–H and O–H groups in total. The number of rotatable bonds is 2. The Morgan fingerprint density at radius 2 is 2.36 bits per heavy atom.